The van der Waals surface area contributed by atoms with Gasteiger partial charge in [0.2, 0.25) is 5.95 Å². The van der Waals surface area contributed by atoms with E-state index in [0.29, 0.717) is 0 Å². The van der Waals surface area contributed by atoms with Gasteiger partial charge in [-0.05, 0) is 25.5 Å². The minimum Gasteiger partial charge on any atom is -0.324 e. The van der Waals surface area contributed by atoms with Crippen LogP contribution >= 0.6 is 0 Å². The van der Waals surface area contributed by atoms with Crippen LogP contribution in [0.3, 0.4) is 0 Å². The standard InChI is InChI=1S/C17H20N4/c1-3-4-9-21-12-13(2)19-17(21)20-15-10-14-7-5-6-8-16(14)18-11-15/h5-8,10-12H,3-4,9H2,1-2H3,(H,19,20). The Hall–Kier alpha value is -2.36. The number of benzene rings is 1. The first-order valence-corrected chi connectivity index (χ1v) is 7.42. The van der Waals surface area contributed by atoms with E-state index in [1.807, 2.05) is 31.3 Å². The fourth-order valence-corrected chi connectivity index (χ4v) is 2.41. The van der Waals surface area contributed by atoms with Crippen molar-refractivity contribution in [3.8, 4) is 0 Å². The van der Waals surface area contributed by atoms with Crippen molar-refractivity contribution < 1.29 is 0 Å². The predicted octanol–water partition coefficient (Wildman–Crippen LogP) is 4.28. The number of fused-ring (bicyclic) bond motifs is 1. The summed E-state index contributed by atoms with van der Waals surface area (Å²) >= 11 is 0. The molecule has 0 saturated heterocycles. The second-order valence-electron chi connectivity index (χ2n) is 5.29. The molecular formula is C17H20N4. The second kappa shape index (κ2) is 5.95. The predicted molar refractivity (Wildman–Crippen MR) is 86.9 cm³/mol. The molecule has 21 heavy (non-hydrogen) atoms. The molecule has 0 aliphatic carbocycles. The molecule has 1 N–H and O–H groups in total. The maximum atomic E-state index is 4.56. The summed E-state index contributed by atoms with van der Waals surface area (Å²) in [6, 6.07) is 10.2. The third-order valence-electron chi connectivity index (χ3n) is 3.50. The van der Waals surface area contributed by atoms with Gasteiger partial charge in [0, 0.05) is 18.1 Å². The molecule has 0 amide bonds. The van der Waals surface area contributed by atoms with Gasteiger partial charge in [-0.15, -0.1) is 0 Å². The molecule has 1 aromatic carbocycles. The van der Waals surface area contributed by atoms with Crippen LogP contribution in [0.15, 0.2) is 42.7 Å². The average molecular weight is 280 g/mol. The second-order valence-corrected chi connectivity index (χ2v) is 5.29. The fourth-order valence-electron chi connectivity index (χ4n) is 2.41. The number of pyridine rings is 1. The van der Waals surface area contributed by atoms with Crippen molar-refractivity contribution in [3.63, 3.8) is 0 Å². The molecule has 0 aliphatic heterocycles. The normalized spacial score (nSPS) is 11.0. The number of nitrogens with zero attached hydrogens (tertiary/aromatic N) is 3. The highest BCUT2D eigenvalue weighted by molar-refractivity contribution is 5.82. The minimum absolute atomic E-state index is 0.887. The summed E-state index contributed by atoms with van der Waals surface area (Å²) < 4.78 is 2.17. The Balaban J connectivity index is 1.87. The Morgan fingerprint density at radius 3 is 2.95 bits per heavy atom. The first-order valence-electron chi connectivity index (χ1n) is 7.42. The Morgan fingerprint density at radius 2 is 2.10 bits per heavy atom. The summed E-state index contributed by atoms with van der Waals surface area (Å²) in [6.45, 7) is 5.21. The van der Waals surface area contributed by atoms with Gasteiger partial charge >= 0.3 is 0 Å². The highest BCUT2D eigenvalue weighted by Gasteiger charge is 2.06. The molecule has 3 aromatic rings. The molecule has 4 nitrogen and oxygen atoms in total. The first kappa shape index (κ1) is 13.6. The van der Waals surface area contributed by atoms with Crippen molar-refractivity contribution in [1.29, 1.82) is 0 Å². The van der Waals surface area contributed by atoms with E-state index in [0.717, 1.165) is 41.2 Å². The maximum absolute atomic E-state index is 4.56. The molecule has 3 rings (SSSR count). The molecule has 0 atom stereocenters. The van der Waals surface area contributed by atoms with E-state index in [1.54, 1.807) is 0 Å². The lowest BCUT2D eigenvalue weighted by Crippen LogP contribution is -2.03. The van der Waals surface area contributed by atoms with E-state index in [-0.39, 0.29) is 0 Å². The highest BCUT2D eigenvalue weighted by atomic mass is 15.2. The minimum atomic E-state index is 0.887. The molecular weight excluding hydrogens is 260 g/mol. The van der Waals surface area contributed by atoms with E-state index in [2.05, 4.69) is 45.1 Å². The number of nitrogens with one attached hydrogen (secondary N) is 1. The van der Waals surface area contributed by atoms with Gasteiger partial charge in [-0.25, -0.2) is 4.98 Å². The van der Waals surface area contributed by atoms with Gasteiger partial charge in [-0.1, -0.05) is 31.5 Å². The topological polar surface area (TPSA) is 42.7 Å². The van der Waals surface area contributed by atoms with Crippen LogP contribution in [-0.2, 0) is 6.54 Å². The van der Waals surface area contributed by atoms with Crippen LogP contribution in [0, 0.1) is 6.92 Å². The lowest BCUT2D eigenvalue weighted by atomic mass is 10.2. The van der Waals surface area contributed by atoms with Crippen LogP contribution in [0.4, 0.5) is 11.6 Å². The van der Waals surface area contributed by atoms with Gasteiger partial charge in [-0.2, -0.15) is 0 Å². The van der Waals surface area contributed by atoms with Crippen molar-refractivity contribution in [1.82, 2.24) is 14.5 Å². The molecule has 0 saturated carbocycles. The van der Waals surface area contributed by atoms with E-state index in [1.165, 1.54) is 6.42 Å². The molecule has 0 aliphatic rings. The van der Waals surface area contributed by atoms with Crippen molar-refractivity contribution in [3.05, 3.63) is 48.4 Å². The van der Waals surface area contributed by atoms with E-state index < -0.39 is 0 Å². The molecule has 108 valence electrons. The van der Waals surface area contributed by atoms with Crippen molar-refractivity contribution in [2.75, 3.05) is 5.32 Å². The number of aromatic nitrogens is 3. The quantitative estimate of drug-likeness (QED) is 0.758. The third kappa shape index (κ3) is 3.05. The molecule has 2 heterocycles. The molecule has 0 radical (unpaired) electrons. The van der Waals surface area contributed by atoms with Gasteiger partial charge in [0.25, 0.3) is 0 Å². The van der Waals surface area contributed by atoms with Crippen molar-refractivity contribution in [2.24, 2.45) is 0 Å². The Kier molecular flexibility index (Phi) is 3.86. The van der Waals surface area contributed by atoms with Crippen LogP contribution in [0.1, 0.15) is 25.5 Å². The highest BCUT2D eigenvalue weighted by Crippen LogP contribution is 2.20. The number of hydrogen-bond acceptors (Lipinski definition) is 3. The number of imidazole rings is 1. The lowest BCUT2D eigenvalue weighted by molar-refractivity contribution is 0.637. The molecule has 0 bridgehead atoms. The van der Waals surface area contributed by atoms with E-state index in [4.69, 9.17) is 0 Å². The summed E-state index contributed by atoms with van der Waals surface area (Å²) in [4.78, 5) is 9.04. The monoisotopic (exact) mass is 280 g/mol. The van der Waals surface area contributed by atoms with Gasteiger partial charge in [0.05, 0.1) is 23.1 Å². The first-order chi connectivity index (χ1) is 10.3. The van der Waals surface area contributed by atoms with E-state index in [9.17, 15) is 0 Å². The summed E-state index contributed by atoms with van der Waals surface area (Å²) in [5.74, 6) is 0.887. The van der Waals surface area contributed by atoms with Crippen molar-refractivity contribution in [2.45, 2.75) is 33.2 Å². The summed E-state index contributed by atoms with van der Waals surface area (Å²) in [5, 5.41) is 4.51. The SMILES string of the molecule is CCCCn1cc(C)nc1Nc1cnc2ccccc2c1. The maximum Gasteiger partial charge on any atom is 0.207 e. The Bertz CT molecular complexity index is 745. The smallest absolute Gasteiger partial charge is 0.207 e. The number of anilines is 2. The van der Waals surface area contributed by atoms with Gasteiger partial charge < -0.3 is 9.88 Å². The Labute approximate surface area is 124 Å². The summed E-state index contributed by atoms with van der Waals surface area (Å²) in [6.07, 6.45) is 6.28. The molecule has 0 unspecified atom stereocenters. The summed E-state index contributed by atoms with van der Waals surface area (Å²) in [7, 11) is 0. The zero-order valence-corrected chi connectivity index (χ0v) is 12.5. The number of aryl methyl sites for hydroxylation is 2. The third-order valence-corrected chi connectivity index (χ3v) is 3.50. The van der Waals surface area contributed by atoms with Crippen LogP contribution < -0.4 is 5.32 Å². The van der Waals surface area contributed by atoms with Crippen LogP contribution in [0.25, 0.3) is 10.9 Å². The van der Waals surface area contributed by atoms with Gasteiger partial charge in [0.15, 0.2) is 0 Å². The summed E-state index contributed by atoms with van der Waals surface area (Å²) in [5.41, 5.74) is 3.01. The number of unbranched alkanes of at least 4 members (excludes halogenated alkanes) is 1. The number of rotatable bonds is 5. The number of para-hydroxylation sites is 1. The fraction of sp³-hybridized carbons (Fsp3) is 0.294. The number of hydrogen-bond donors (Lipinski definition) is 1. The van der Waals surface area contributed by atoms with Gasteiger partial charge in [0.1, 0.15) is 0 Å². The zero-order valence-electron chi connectivity index (χ0n) is 12.5. The largest absolute Gasteiger partial charge is 0.324 e. The van der Waals surface area contributed by atoms with Crippen LogP contribution in [-0.4, -0.2) is 14.5 Å². The molecule has 0 spiro atoms. The Morgan fingerprint density at radius 1 is 1.24 bits per heavy atom. The van der Waals surface area contributed by atoms with Crippen LogP contribution in [0.2, 0.25) is 0 Å². The van der Waals surface area contributed by atoms with Crippen molar-refractivity contribution >= 4 is 22.5 Å². The molecule has 2 aromatic heterocycles. The van der Waals surface area contributed by atoms with Gasteiger partial charge in [-0.3, -0.25) is 4.98 Å². The molecule has 4 heteroatoms. The average Bonchev–Trinajstić information content (AvgIpc) is 2.84. The lowest BCUT2D eigenvalue weighted by Gasteiger charge is -2.09. The zero-order chi connectivity index (χ0) is 14.7. The molecule has 0 fully saturated rings. The van der Waals surface area contributed by atoms with Crippen LogP contribution in [0.5, 0.6) is 0 Å². The van der Waals surface area contributed by atoms with E-state index >= 15 is 0 Å².